The summed E-state index contributed by atoms with van der Waals surface area (Å²) in [5.41, 5.74) is -0.258. The summed E-state index contributed by atoms with van der Waals surface area (Å²) < 4.78 is 38.3. The zero-order valence-electron chi connectivity index (χ0n) is 57.9. The lowest BCUT2D eigenvalue weighted by Gasteiger charge is -2.27. The molecular weight excluding hydrogens is 1240 g/mol. The van der Waals surface area contributed by atoms with Crippen LogP contribution in [-0.2, 0) is 79.9 Å². The lowest BCUT2D eigenvalue weighted by Crippen LogP contribution is -2.53. The van der Waals surface area contributed by atoms with E-state index in [1.165, 1.54) is 0 Å². The van der Waals surface area contributed by atoms with Crippen LogP contribution in [0.4, 0.5) is 9.59 Å². The SMILES string of the molecule is CC(C)[C@H](NC(=O)[C@H](CCCCNC(=O)CCOCCOCCNC(=O)c1ccc(C(=O)NCCCCCCNC(=O)CC[C@H](NC(=O)N[C@@H](CCC(=O)OC(C)(C)C)C(=O)OC(C)(C)C)C(=O)OC(C)(C)C)cc1)NC(=O)OCc1ccccc1)C(=O)OCc1ccccc1. The summed E-state index contributed by atoms with van der Waals surface area (Å²) in [6.45, 7) is 20.8. The average Bonchev–Trinajstić information content (AvgIpc) is 1.49. The molecule has 0 heterocycles. The van der Waals surface area contributed by atoms with Gasteiger partial charge in [-0.05, 0) is 149 Å². The van der Waals surface area contributed by atoms with E-state index in [1.807, 2.05) is 48.5 Å². The van der Waals surface area contributed by atoms with Crippen LogP contribution in [-0.4, -0.2) is 159 Å². The molecule has 26 heteroatoms. The van der Waals surface area contributed by atoms with Crippen molar-refractivity contribution < 1.29 is 85.9 Å². The van der Waals surface area contributed by atoms with Gasteiger partial charge < -0.3 is 75.7 Å². The monoisotopic (exact) mass is 1340 g/mol. The Morgan fingerprint density at radius 2 is 0.854 bits per heavy atom. The van der Waals surface area contributed by atoms with Crippen LogP contribution in [0.25, 0.3) is 0 Å². The summed E-state index contributed by atoms with van der Waals surface area (Å²) in [6.07, 6.45) is 2.71. The summed E-state index contributed by atoms with van der Waals surface area (Å²) in [5.74, 6) is -4.86. The van der Waals surface area contributed by atoms with Crippen LogP contribution in [0.15, 0.2) is 84.9 Å². The molecule has 0 aromatic heterocycles. The molecule has 0 fully saturated rings. The van der Waals surface area contributed by atoms with Gasteiger partial charge in [-0.3, -0.25) is 28.8 Å². The molecule has 3 aromatic rings. The zero-order chi connectivity index (χ0) is 71.1. The molecule has 0 saturated carbocycles. The van der Waals surface area contributed by atoms with Crippen molar-refractivity contribution in [2.45, 2.75) is 207 Å². The fraction of sp³-hybridized carbons (Fsp3) is 0.586. The molecule has 0 unspecified atom stereocenters. The van der Waals surface area contributed by atoms with Crippen LogP contribution in [0.1, 0.15) is 185 Å². The number of alkyl carbamates (subject to hydrolysis) is 1. The minimum absolute atomic E-state index is 0.00567. The fourth-order valence-electron chi connectivity index (χ4n) is 8.89. The maximum atomic E-state index is 13.6. The first-order valence-electron chi connectivity index (χ1n) is 33.0. The predicted octanol–water partition coefficient (Wildman–Crippen LogP) is 7.33. The van der Waals surface area contributed by atoms with Gasteiger partial charge in [-0.25, -0.2) is 24.0 Å². The molecule has 0 radical (unpaired) electrons. The molecule has 532 valence electrons. The molecule has 0 aliphatic heterocycles. The molecule has 26 nitrogen and oxygen atoms in total. The van der Waals surface area contributed by atoms with Crippen LogP contribution in [0, 0.1) is 5.92 Å². The average molecular weight is 1350 g/mol. The highest BCUT2D eigenvalue weighted by atomic mass is 16.6. The lowest BCUT2D eigenvalue weighted by molar-refractivity contribution is -0.159. The lowest BCUT2D eigenvalue weighted by atomic mass is 10.0. The molecule has 4 atom stereocenters. The minimum atomic E-state index is -1.26. The smallest absolute Gasteiger partial charge is 0.408 e. The molecule has 0 aliphatic rings. The topological polar surface area (TPSA) is 349 Å². The van der Waals surface area contributed by atoms with E-state index in [-0.39, 0.29) is 114 Å². The van der Waals surface area contributed by atoms with Crippen molar-refractivity contribution in [3.63, 3.8) is 0 Å². The fourth-order valence-corrected chi connectivity index (χ4v) is 8.89. The molecule has 8 amide bonds. The van der Waals surface area contributed by atoms with Crippen molar-refractivity contribution >= 4 is 65.5 Å². The van der Waals surface area contributed by atoms with Gasteiger partial charge in [0, 0.05) is 56.6 Å². The van der Waals surface area contributed by atoms with Gasteiger partial charge in [-0.2, -0.15) is 0 Å². The summed E-state index contributed by atoms with van der Waals surface area (Å²) in [6, 6.07) is 19.0. The second-order valence-corrected chi connectivity index (χ2v) is 26.2. The van der Waals surface area contributed by atoms with Crippen molar-refractivity contribution in [1.29, 1.82) is 0 Å². The second-order valence-electron chi connectivity index (χ2n) is 26.2. The number of hydrogen-bond acceptors (Lipinski definition) is 18. The normalized spacial score (nSPS) is 12.7. The van der Waals surface area contributed by atoms with E-state index >= 15 is 0 Å². The third-order valence-electron chi connectivity index (χ3n) is 13.7. The van der Waals surface area contributed by atoms with Gasteiger partial charge in [0.2, 0.25) is 17.7 Å². The van der Waals surface area contributed by atoms with Gasteiger partial charge in [0.1, 0.15) is 54.2 Å². The number of carbonyl (C=O) groups is 11. The molecule has 3 rings (SSSR count). The minimum Gasteiger partial charge on any atom is -0.460 e. The Morgan fingerprint density at radius 3 is 1.35 bits per heavy atom. The number of nitrogens with one attached hydrogen (secondary N) is 8. The highest BCUT2D eigenvalue weighted by Gasteiger charge is 2.33. The summed E-state index contributed by atoms with van der Waals surface area (Å²) in [4.78, 5) is 142. The predicted molar refractivity (Wildman–Crippen MR) is 358 cm³/mol. The Balaban J connectivity index is 1.27. The van der Waals surface area contributed by atoms with Gasteiger partial charge in [0.25, 0.3) is 11.8 Å². The standard InChI is InChI=1S/C70H104N8O18/c1-48(2)59(65(87)92-46-49-24-16-14-17-25-49)78-62(84)53(77-67(89)93-47-50-26-18-15-19-27-50)28-20-23-39-72-57(80)37-42-90-44-45-91-43-41-74-61(83)52-31-29-51(30-32-52)60(82)73-40-22-13-12-21-38-71-56(79)35-33-54(63(85)95-69(6,7)8)75-66(88)76-55(64(86)96-70(9,10)11)34-36-58(81)94-68(3,4)5/h14-19,24-27,29-32,48,53-55,59H,12-13,20-23,28,33-47H2,1-11H3,(H,71,79)(H,72,80)(H,73,82)(H,74,83)(H,77,89)(H,78,84)(H2,75,76,88)/t53-,54-,55-,59-/m0/s1. The van der Waals surface area contributed by atoms with Crippen molar-refractivity contribution in [2.24, 2.45) is 5.92 Å². The zero-order valence-corrected chi connectivity index (χ0v) is 57.9. The van der Waals surface area contributed by atoms with E-state index in [4.69, 9.17) is 33.2 Å². The van der Waals surface area contributed by atoms with Crippen LogP contribution in [0.2, 0.25) is 0 Å². The number of hydrogen-bond donors (Lipinski definition) is 8. The van der Waals surface area contributed by atoms with Gasteiger partial charge in [-0.1, -0.05) is 87.4 Å². The summed E-state index contributed by atoms with van der Waals surface area (Å²) in [7, 11) is 0. The van der Waals surface area contributed by atoms with E-state index in [1.54, 1.807) is 113 Å². The Morgan fingerprint density at radius 1 is 0.406 bits per heavy atom. The number of rotatable bonds is 42. The third kappa shape index (κ3) is 37.4. The first kappa shape index (κ1) is 81.6. The maximum Gasteiger partial charge on any atom is 0.408 e. The van der Waals surface area contributed by atoms with E-state index in [9.17, 15) is 52.7 Å². The van der Waals surface area contributed by atoms with Gasteiger partial charge in [-0.15, -0.1) is 0 Å². The molecule has 0 aliphatic carbocycles. The Kier molecular flexibility index (Phi) is 36.9. The Labute approximate surface area is 564 Å². The molecular formula is C70H104N8O18. The van der Waals surface area contributed by atoms with E-state index in [2.05, 4.69) is 42.5 Å². The number of unbranched alkanes of at least 4 members (excludes halogenated alkanes) is 4. The molecule has 0 saturated heterocycles. The van der Waals surface area contributed by atoms with Gasteiger partial charge >= 0.3 is 36.0 Å². The highest BCUT2D eigenvalue weighted by molar-refractivity contribution is 5.98. The molecule has 0 spiro atoms. The quantitative estimate of drug-likeness (QED) is 0.0156. The second kappa shape index (κ2) is 43.4. The van der Waals surface area contributed by atoms with E-state index in [0.717, 1.165) is 24.0 Å². The van der Waals surface area contributed by atoms with Crippen LogP contribution < -0.4 is 42.5 Å². The Bertz CT molecular complexity index is 2910. The van der Waals surface area contributed by atoms with Gasteiger partial charge in [0.15, 0.2) is 0 Å². The van der Waals surface area contributed by atoms with Crippen molar-refractivity contribution in [2.75, 3.05) is 52.6 Å². The number of ether oxygens (including phenoxy) is 7. The summed E-state index contributed by atoms with van der Waals surface area (Å²) in [5, 5.41) is 21.7. The number of esters is 4. The van der Waals surface area contributed by atoms with Gasteiger partial charge in [0.05, 0.1) is 26.4 Å². The highest BCUT2D eigenvalue weighted by Crippen LogP contribution is 2.17. The number of urea groups is 1. The van der Waals surface area contributed by atoms with Crippen molar-refractivity contribution in [1.82, 2.24) is 42.5 Å². The van der Waals surface area contributed by atoms with Crippen molar-refractivity contribution in [3.05, 3.63) is 107 Å². The Hall–Kier alpha value is -8.65. The van der Waals surface area contributed by atoms with E-state index < -0.39 is 82.9 Å². The van der Waals surface area contributed by atoms with Crippen LogP contribution >= 0.6 is 0 Å². The largest absolute Gasteiger partial charge is 0.460 e. The first-order chi connectivity index (χ1) is 45.4. The molecule has 0 bridgehead atoms. The first-order valence-corrected chi connectivity index (χ1v) is 33.0. The van der Waals surface area contributed by atoms with Crippen LogP contribution in [0.3, 0.4) is 0 Å². The maximum absolute atomic E-state index is 13.6. The molecule has 8 N–H and O–H groups in total. The number of carbonyl (C=O) groups excluding carboxylic acids is 11. The molecule has 96 heavy (non-hydrogen) atoms. The van der Waals surface area contributed by atoms with E-state index in [0.29, 0.717) is 56.4 Å². The number of benzene rings is 3. The number of amides is 8. The van der Waals surface area contributed by atoms with Crippen molar-refractivity contribution in [3.8, 4) is 0 Å². The third-order valence-corrected chi connectivity index (χ3v) is 13.7. The molecule has 3 aromatic carbocycles. The summed E-state index contributed by atoms with van der Waals surface area (Å²) >= 11 is 0. The van der Waals surface area contributed by atoms with Crippen LogP contribution in [0.5, 0.6) is 0 Å².